The molecule has 13 atom stereocenters. The quantitative estimate of drug-likeness (QED) is 0.0243. The predicted octanol–water partition coefficient (Wildman–Crippen LogP) is 11.4. The highest BCUT2D eigenvalue weighted by Crippen LogP contribution is 2.56. The summed E-state index contributed by atoms with van der Waals surface area (Å²) in [5.41, 5.74) is 22.1. The van der Waals surface area contributed by atoms with Crippen molar-refractivity contribution in [2.75, 3.05) is 13.2 Å². The minimum Gasteiger partial charge on any atom is -0.508 e. The minimum absolute atomic E-state index is 0.0723. The van der Waals surface area contributed by atoms with Gasteiger partial charge in [0.1, 0.15) is 17.6 Å². The Labute approximate surface area is 490 Å². The molecule has 15 rings (SSSR count). The molecule has 4 aliphatic carbocycles. The van der Waals surface area contributed by atoms with Crippen molar-refractivity contribution in [1.29, 1.82) is 0 Å². The Bertz CT molecular complexity index is 3470. The summed E-state index contributed by atoms with van der Waals surface area (Å²) in [5, 5.41) is 37.8. The third-order valence-electron chi connectivity index (χ3n) is 21.4. The van der Waals surface area contributed by atoms with Crippen LogP contribution >= 0.6 is 0 Å². The van der Waals surface area contributed by atoms with E-state index in [4.69, 9.17) is 25.9 Å². The third kappa shape index (κ3) is 11.0. The number of allylic oxidation sites excluding steroid dienone is 1. The van der Waals surface area contributed by atoms with Gasteiger partial charge in [-0.05, 0) is 194 Å². The largest absolute Gasteiger partial charge is 0.508 e. The lowest BCUT2D eigenvalue weighted by atomic mass is 9.64. The summed E-state index contributed by atoms with van der Waals surface area (Å²) < 4.78 is 55.5. The van der Waals surface area contributed by atoms with Gasteiger partial charge >= 0.3 is 0 Å². The standard InChI is InChI=1S/C70H82N4O8S/c1-43-14-15-49-34-57-22-24-59(49)61(43)37-64(83(78,79)80)62-36-52-32-51(35-58-30-45(41-75)11-7-12-48-33-56(76)21-23-60(48)66(52)81-58)65(62)46-16-19-54(20-17-46)70(82-57,74-67(71)72)39-55(29-44-9-3-2-4-10-44)69(77)28-8-13-50(38-69)47-18-25-63-53(31-47)40-73-42-68(63)26-5-6-27-68/h2-4,9-10,16-25,31,33-34,36,43,45,50-51,55,58,61-62,64-66,73,75-77H,5-6,8,11,13-15,26-30,32,35,37-42H2,1H3,(H4,71,72,74)(H,78,79,80). The second-order valence-electron chi connectivity index (χ2n) is 26.6. The number of nitrogens with two attached hydrogens (primary N) is 2. The Morgan fingerprint density at radius 2 is 1.67 bits per heavy atom. The predicted molar refractivity (Wildman–Crippen MR) is 323 cm³/mol. The number of aliphatic hydroxyl groups is 2. The second kappa shape index (κ2) is 22.5. The number of nitrogens with zero attached hydrogens (tertiary/aromatic N) is 1. The highest BCUT2D eigenvalue weighted by Gasteiger charge is 2.51. The molecule has 5 aromatic carbocycles. The number of fused-ring (bicyclic) bond motifs is 11. The summed E-state index contributed by atoms with van der Waals surface area (Å²) in [7, 11) is -4.69. The van der Waals surface area contributed by atoms with Crippen LogP contribution in [0.5, 0.6) is 11.5 Å². The molecule has 5 aromatic rings. The van der Waals surface area contributed by atoms with Gasteiger partial charge in [0.05, 0.1) is 17.0 Å². The lowest BCUT2D eigenvalue weighted by Crippen LogP contribution is -2.48. The van der Waals surface area contributed by atoms with Crippen molar-refractivity contribution in [3.05, 3.63) is 176 Å². The molecule has 436 valence electrons. The molecular formula is C70H82N4O8S. The summed E-state index contributed by atoms with van der Waals surface area (Å²) in [6, 6.07) is 37.1. The van der Waals surface area contributed by atoms with Gasteiger partial charge in [-0.15, -0.1) is 0 Å². The number of rotatable bonds is 9. The number of phenols is 1. The molecule has 13 unspecified atom stereocenters. The maximum atomic E-state index is 14.5. The van der Waals surface area contributed by atoms with Crippen molar-refractivity contribution < 1.29 is 37.8 Å². The zero-order chi connectivity index (χ0) is 57.3. The smallest absolute Gasteiger partial charge is 0.268 e. The van der Waals surface area contributed by atoms with E-state index in [0.29, 0.717) is 61.8 Å². The van der Waals surface area contributed by atoms with E-state index in [0.717, 1.165) is 72.2 Å². The molecule has 10 aliphatic rings. The number of aliphatic hydroxyl groups excluding tert-OH is 1. The number of ether oxygens (including phenoxy) is 2. The summed E-state index contributed by atoms with van der Waals surface area (Å²) in [5.74, 6) is 5.31. The van der Waals surface area contributed by atoms with Crippen LogP contribution in [0.4, 0.5) is 0 Å². The van der Waals surface area contributed by atoms with Crippen LogP contribution in [-0.2, 0) is 45.4 Å². The van der Waals surface area contributed by atoms with Gasteiger partial charge in [0.25, 0.3) is 10.1 Å². The summed E-state index contributed by atoms with van der Waals surface area (Å²) in [6.45, 7) is 4.01. The van der Waals surface area contributed by atoms with Gasteiger partial charge < -0.3 is 41.6 Å². The minimum atomic E-state index is -4.69. The Hall–Kier alpha value is -5.98. The van der Waals surface area contributed by atoms with Crippen LogP contribution in [0.1, 0.15) is 183 Å². The number of hydrogen-bond donors (Lipinski definition) is 7. The average Bonchev–Trinajstić information content (AvgIpc) is 4.04. The molecule has 0 radical (unpaired) electrons. The molecule has 2 saturated carbocycles. The molecule has 0 amide bonds. The summed E-state index contributed by atoms with van der Waals surface area (Å²) >= 11 is 0. The number of nitrogens with one attached hydrogen (secondary N) is 1. The Balaban J connectivity index is 0.949. The third-order valence-corrected chi connectivity index (χ3v) is 22.7. The molecule has 3 fully saturated rings. The zero-order valence-corrected chi connectivity index (χ0v) is 48.7. The molecule has 10 bridgehead atoms. The topological polar surface area (TPSA) is 210 Å². The Morgan fingerprint density at radius 3 is 2.46 bits per heavy atom. The zero-order valence-electron chi connectivity index (χ0n) is 47.9. The number of benzene rings is 5. The number of hydrogen-bond acceptors (Lipinski definition) is 9. The summed E-state index contributed by atoms with van der Waals surface area (Å²) in [6.07, 6.45) is 13.8. The molecule has 1 spiro atoms. The average molecular weight is 1140 g/mol. The first-order chi connectivity index (χ1) is 40.1. The van der Waals surface area contributed by atoms with E-state index in [2.05, 4.69) is 96.9 Å². The van der Waals surface area contributed by atoms with Crippen LogP contribution in [0.15, 0.2) is 126 Å². The van der Waals surface area contributed by atoms with Gasteiger partial charge in [-0.3, -0.25) is 4.55 Å². The van der Waals surface area contributed by atoms with E-state index in [1.54, 1.807) is 12.1 Å². The van der Waals surface area contributed by atoms with Crippen LogP contribution in [0.3, 0.4) is 0 Å². The van der Waals surface area contributed by atoms with Crippen molar-refractivity contribution >= 4 is 16.1 Å². The molecule has 0 aromatic heterocycles. The fraction of sp³-hybridized carbons (Fsp3) is 0.500. The molecule has 9 N–H and O–H groups in total. The van der Waals surface area contributed by atoms with Crippen LogP contribution in [0.25, 0.3) is 0 Å². The highest BCUT2D eigenvalue weighted by atomic mass is 32.2. The first-order valence-corrected chi connectivity index (χ1v) is 32.4. The number of aryl methyl sites for hydroxylation is 1. The van der Waals surface area contributed by atoms with Gasteiger partial charge in [0.15, 0.2) is 5.96 Å². The van der Waals surface area contributed by atoms with E-state index in [1.807, 2.05) is 30.3 Å². The molecule has 6 heterocycles. The fourth-order valence-corrected chi connectivity index (χ4v) is 18.5. The van der Waals surface area contributed by atoms with Crippen LogP contribution in [0, 0.1) is 41.4 Å². The molecule has 6 aliphatic heterocycles. The number of guanidine groups is 1. The first-order valence-electron chi connectivity index (χ1n) is 30.9. The first kappa shape index (κ1) is 56.2. The van der Waals surface area contributed by atoms with Crippen molar-refractivity contribution in [3.63, 3.8) is 0 Å². The van der Waals surface area contributed by atoms with Crippen molar-refractivity contribution in [2.24, 2.45) is 46.0 Å². The molecule has 1 saturated heterocycles. The van der Waals surface area contributed by atoms with Crippen LogP contribution in [0.2, 0.25) is 0 Å². The lowest BCUT2D eigenvalue weighted by molar-refractivity contribution is -0.0834. The number of phenolic OH excluding ortho intramolecular Hbond substituents is 1. The van der Waals surface area contributed by atoms with Crippen molar-refractivity contribution in [3.8, 4) is 23.3 Å². The highest BCUT2D eigenvalue weighted by molar-refractivity contribution is 7.86. The van der Waals surface area contributed by atoms with Crippen molar-refractivity contribution in [2.45, 2.75) is 175 Å². The van der Waals surface area contributed by atoms with Gasteiger partial charge in [-0.2, -0.15) is 8.42 Å². The summed E-state index contributed by atoms with van der Waals surface area (Å²) in [4.78, 5) is 5.21. The van der Waals surface area contributed by atoms with Gasteiger partial charge in [-0.1, -0.05) is 123 Å². The Kier molecular flexibility index (Phi) is 15.2. The van der Waals surface area contributed by atoms with Crippen LogP contribution < -0.4 is 21.5 Å². The lowest BCUT2D eigenvalue weighted by Gasteiger charge is -2.46. The number of aliphatic imine (C=N–C) groups is 1. The molecule has 12 nitrogen and oxygen atoms in total. The van der Waals surface area contributed by atoms with Crippen molar-refractivity contribution in [1.82, 2.24) is 5.32 Å². The maximum absolute atomic E-state index is 14.5. The van der Waals surface area contributed by atoms with Crippen LogP contribution in [-0.4, -0.2) is 64.4 Å². The van der Waals surface area contributed by atoms with E-state index < -0.39 is 50.6 Å². The molecular weight excluding hydrogens is 1060 g/mol. The van der Waals surface area contributed by atoms with E-state index in [-0.39, 0.29) is 72.3 Å². The SMILES string of the molecule is CC1CCc2cc3ccc2C1CC(S(=O)(=O)O)C1C=C2CC(CC4CC(CO)CC#Cc5cc(O)ccc5C2O4)C1c1ccc(cc1)C(CC(Cc1ccccc1)C1(O)CCCC(c2ccc4c(c2)CNCC42CCCC2)C1)(N=C(N)N)O3. The fourth-order valence-electron chi connectivity index (χ4n) is 17.4. The second-order valence-corrected chi connectivity index (χ2v) is 28.2. The van der Waals surface area contributed by atoms with E-state index in [1.165, 1.54) is 42.4 Å². The van der Waals surface area contributed by atoms with Gasteiger partial charge in [0, 0.05) is 60.6 Å². The maximum Gasteiger partial charge on any atom is 0.268 e. The molecule has 13 heteroatoms. The number of aromatic hydroxyl groups is 1. The normalized spacial score (nSPS) is 31.9. The Morgan fingerprint density at radius 1 is 0.880 bits per heavy atom. The van der Waals surface area contributed by atoms with E-state index >= 15 is 0 Å². The van der Waals surface area contributed by atoms with E-state index in [9.17, 15) is 28.3 Å². The monoisotopic (exact) mass is 1140 g/mol. The van der Waals surface area contributed by atoms with Gasteiger partial charge in [0.2, 0.25) is 5.72 Å². The molecule has 83 heavy (non-hydrogen) atoms. The van der Waals surface area contributed by atoms with Gasteiger partial charge in [-0.25, -0.2) is 4.99 Å².